The van der Waals surface area contributed by atoms with E-state index in [1.807, 2.05) is 6.92 Å². The molecule has 1 aromatic heterocycles. The number of likely N-dealkylation sites (N-methyl/N-ethyl adjacent to an activating group) is 1. The number of hydrogen-bond acceptors (Lipinski definition) is 4. The lowest BCUT2D eigenvalue weighted by Gasteiger charge is -2.22. The minimum atomic E-state index is -0.0352. The molecule has 0 bridgehead atoms. The zero-order valence-electron chi connectivity index (χ0n) is 9.90. The van der Waals surface area contributed by atoms with Crippen LogP contribution in [0, 0.1) is 0 Å². The number of thiophene rings is 1. The number of amides is 1. The Morgan fingerprint density at radius 2 is 2.29 bits per heavy atom. The molecule has 4 nitrogen and oxygen atoms in total. The fraction of sp³-hybridized carbons (Fsp3) is 0.500. The van der Waals surface area contributed by atoms with Gasteiger partial charge in [-0.05, 0) is 22.9 Å². The van der Waals surface area contributed by atoms with Gasteiger partial charge in [0.2, 0.25) is 0 Å². The van der Waals surface area contributed by atoms with Crippen LogP contribution in [0.1, 0.15) is 16.6 Å². The van der Waals surface area contributed by atoms with E-state index in [9.17, 15) is 4.79 Å². The number of ether oxygens (including phenoxy) is 1. The lowest BCUT2D eigenvalue weighted by atomic mass is 10.3. The molecule has 7 heteroatoms. The molecule has 0 saturated carbocycles. The molecule has 0 aromatic carbocycles. The Hall–Kier alpha value is -0.300. The van der Waals surface area contributed by atoms with Gasteiger partial charge in [-0.1, -0.05) is 0 Å². The molecule has 2 N–H and O–H groups in total. The van der Waals surface area contributed by atoms with Crippen LogP contribution in [0.3, 0.4) is 0 Å². The van der Waals surface area contributed by atoms with Crippen LogP contribution in [-0.4, -0.2) is 37.6 Å². The van der Waals surface area contributed by atoms with Gasteiger partial charge in [0.1, 0.15) is 9.54 Å². The molecule has 17 heavy (non-hydrogen) atoms. The van der Waals surface area contributed by atoms with Crippen LogP contribution in [0.2, 0.25) is 0 Å². The number of hydrogen-bond donors (Lipinski definition) is 1. The minimum absolute atomic E-state index is 0. The van der Waals surface area contributed by atoms with Crippen molar-refractivity contribution in [3.8, 4) is 5.75 Å². The first-order valence-electron chi connectivity index (χ1n) is 4.81. The molecular formula is C10H16BrClN2O2S. The van der Waals surface area contributed by atoms with Crippen LogP contribution in [-0.2, 0) is 0 Å². The Bertz CT molecular complexity index is 386. The van der Waals surface area contributed by atoms with Gasteiger partial charge in [-0.15, -0.1) is 23.7 Å². The van der Waals surface area contributed by atoms with E-state index in [-0.39, 0.29) is 24.4 Å². The molecule has 0 fully saturated rings. The highest BCUT2D eigenvalue weighted by Crippen LogP contribution is 2.34. The molecule has 1 amide bonds. The van der Waals surface area contributed by atoms with Crippen molar-refractivity contribution >= 4 is 45.6 Å². The van der Waals surface area contributed by atoms with Gasteiger partial charge in [-0.2, -0.15) is 0 Å². The number of nitrogens with zero attached hydrogens (tertiary/aromatic N) is 1. The van der Waals surface area contributed by atoms with Crippen molar-refractivity contribution in [3.63, 3.8) is 0 Å². The maximum atomic E-state index is 12.0. The van der Waals surface area contributed by atoms with Gasteiger partial charge in [0, 0.05) is 25.7 Å². The van der Waals surface area contributed by atoms with Crippen LogP contribution >= 0.6 is 39.7 Å². The number of carbonyl (C=O) groups excluding carboxylic acids is 1. The number of nitrogens with two attached hydrogens (primary N) is 1. The van der Waals surface area contributed by atoms with Crippen molar-refractivity contribution in [2.45, 2.75) is 13.0 Å². The summed E-state index contributed by atoms with van der Waals surface area (Å²) in [5.41, 5.74) is 5.53. The van der Waals surface area contributed by atoms with E-state index in [4.69, 9.17) is 10.5 Å². The smallest absolute Gasteiger partial charge is 0.264 e. The summed E-state index contributed by atoms with van der Waals surface area (Å²) >= 11 is 4.71. The first-order chi connectivity index (χ1) is 7.51. The Labute approximate surface area is 120 Å². The third kappa shape index (κ3) is 3.84. The lowest BCUT2D eigenvalue weighted by molar-refractivity contribution is 0.0753. The highest BCUT2D eigenvalue weighted by Gasteiger charge is 2.20. The lowest BCUT2D eigenvalue weighted by Crippen LogP contribution is -2.39. The molecule has 1 aromatic rings. The van der Waals surface area contributed by atoms with Gasteiger partial charge in [-0.25, -0.2) is 0 Å². The second-order valence-corrected chi connectivity index (χ2v) is 5.82. The molecule has 1 heterocycles. The van der Waals surface area contributed by atoms with Crippen LogP contribution in [0.15, 0.2) is 9.85 Å². The van der Waals surface area contributed by atoms with Crippen molar-refractivity contribution < 1.29 is 9.53 Å². The highest BCUT2D eigenvalue weighted by molar-refractivity contribution is 9.11. The summed E-state index contributed by atoms with van der Waals surface area (Å²) in [5.74, 6) is 0.647. The molecule has 0 aliphatic rings. The average Bonchev–Trinajstić information content (AvgIpc) is 2.67. The highest BCUT2D eigenvalue weighted by atomic mass is 79.9. The van der Waals surface area contributed by atoms with E-state index < -0.39 is 0 Å². The van der Waals surface area contributed by atoms with E-state index >= 15 is 0 Å². The Morgan fingerprint density at radius 3 is 2.71 bits per heavy atom. The number of halogens is 2. The average molecular weight is 344 g/mol. The summed E-state index contributed by atoms with van der Waals surface area (Å²) in [5, 5.41) is 0. The first kappa shape index (κ1) is 16.7. The largest absolute Gasteiger partial charge is 0.495 e. The van der Waals surface area contributed by atoms with E-state index in [2.05, 4.69) is 15.9 Å². The van der Waals surface area contributed by atoms with Gasteiger partial charge in [0.15, 0.2) is 0 Å². The van der Waals surface area contributed by atoms with Crippen LogP contribution < -0.4 is 10.5 Å². The second-order valence-electron chi connectivity index (χ2n) is 3.45. The first-order valence-corrected chi connectivity index (χ1v) is 6.42. The maximum Gasteiger partial charge on any atom is 0.264 e. The van der Waals surface area contributed by atoms with Gasteiger partial charge in [0.25, 0.3) is 5.91 Å². The standard InChI is InChI=1S/C10H15BrN2O2S.ClH/c1-6(5-12)13(2)10(14)8-4-7(15-3)9(11)16-8;/h4,6H,5,12H2,1-3H3;1H. The van der Waals surface area contributed by atoms with E-state index in [0.717, 1.165) is 3.79 Å². The predicted molar refractivity (Wildman–Crippen MR) is 76.4 cm³/mol. The number of carbonyl (C=O) groups is 1. The molecule has 0 aliphatic carbocycles. The van der Waals surface area contributed by atoms with Crippen molar-refractivity contribution in [1.82, 2.24) is 4.90 Å². The van der Waals surface area contributed by atoms with Gasteiger partial charge in [-0.3, -0.25) is 4.79 Å². The number of rotatable bonds is 4. The van der Waals surface area contributed by atoms with Gasteiger partial charge < -0.3 is 15.4 Å². The third-order valence-corrected chi connectivity index (χ3v) is 4.18. The Morgan fingerprint density at radius 1 is 1.71 bits per heavy atom. The maximum absolute atomic E-state index is 12.0. The molecule has 0 saturated heterocycles. The molecule has 98 valence electrons. The van der Waals surface area contributed by atoms with Crippen molar-refractivity contribution in [1.29, 1.82) is 0 Å². The molecule has 0 radical (unpaired) electrons. The monoisotopic (exact) mass is 342 g/mol. The quantitative estimate of drug-likeness (QED) is 0.913. The molecule has 1 atom stereocenters. The van der Waals surface area contributed by atoms with Crippen LogP contribution in [0.25, 0.3) is 0 Å². The van der Waals surface area contributed by atoms with E-state index in [0.29, 0.717) is 17.2 Å². The van der Waals surface area contributed by atoms with Gasteiger partial charge in [0.05, 0.1) is 12.0 Å². The van der Waals surface area contributed by atoms with Crippen molar-refractivity contribution in [3.05, 3.63) is 14.7 Å². The van der Waals surface area contributed by atoms with Crippen molar-refractivity contribution in [2.24, 2.45) is 5.73 Å². The fourth-order valence-electron chi connectivity index (χ4n) is 1.13. The molecule has 0 spiro atoms. The zero-order chi connectivity index (χ0) is 12.3. The summed E-state index contributed by atoms with van der Waals surface area (Å²) in [7, 11) is 3.33. The minimum Gasteiger partial charge on any atom is -0.495 e. The van der Waals surface area contributed by atoms with Crippen molar-refractivity contribution in [2.75, 3.05) is 20.7 Å². The Kier molecular flexibility index (Phi) is 7.08. The Balaban J connectivity index is 0.00000256. The molecular weight excluding hydrogens is 328 g/mol. The van der Waals surface area contributed by atoms with E-state index in [1.54, 1.807) is 25.1 Å². The zero-order valence-corrected chi connectivity index (χ0v) is 13.1. The SMILES string of the molecule is COc1cc(C(=O)N(C)C(C)CN)sc1Br.Cl. The number of methoxy groups -OCH3 is 1. The second kappa shape index (κ2) is 7.20. The normalized spacial score (nSPS) is 11.6. The van der Waals surface area contributed by atoms with Gasteiger partial charge >= 0.3 is 0 Å². The summed E-state index contributed by atoms with van der Waals surface area (Å²) < 4.78 is 5.94. The summed E-state index contributed by atoms with van der Waals surface area (Å²) in [4.78, 5) is 14.3. The van der Waals surface area contributed by atoms with E-state index in [1.165, 1.54) is 11.3 Å². The molecule has 1 rings (SSSR count). The fourth-order valence-corrected chi connectivity index (χ4v) is 2.76. The third-order valence-electron chi connectivity index (χ3n) is 2.41. The summed E-state index contributed by atoms with van der Waals surface area (Å²) in [6, 6.07) is 1.76. The molecule has 0 aliphatic heterocycles. The molecule has 1 unspecified atom stereocenters. The summed E-state index contributed by atoms with van der Waals surface area (Å²) in [6.45, 7) is 2.36. The summed E-state index contributed by atoms with van der Waals surface area (Å²) in [6.07, 6.45) is 0. The topological polar surface area (TPSA) is 55.6 Å². The van der Waals surface area contributed by atoms with Crippen LogP contribution in [0.5, 0.6) is 5.75 Å². The predicted octanol–water partition coefficient (Wildman–Crippen LogP) is 2.36. The van der Waals surface area contributed by atoms with Crippen LogP contribution in [0.4, 0.5) is 0 Å².